The molecule has 17 heavy (non-hydrogen) atoms. The van der Waals surface area contributed by atoms with Gasteiger partial charge in [0.25, 0.3) is 0 Å². The standard InChI is InChI=1S/C14H19N3/c15-10-13-5-1-2-6-14(13)17-9-7-12-4-3-8-16-11-12/h3-4,8,11,13-14,17H,1-2,5-7,9H2. The highest BCUT2D eigenvalue weighted by molar-refractivity contribution is 5.08. The van der Waals surface area contributed by atoms with Crippen LogP contribution in [0, 0.1) is 17.2 Å². The number of rotatable bonds is 4. The summed E-state index contributed by atoms with van der Waals surface area (Å²) in [5.41, 5.74) is 1.25. The summed E-state index contributed by atoms with van der Waals surface area (Å²) in [6, 6.07) is 6.88. The molecule has 3 heteroatoms. The summed E-state index contributed by atoms with van der Waals surface area (Å²) in [6.45, 7) is 0.939. The summed E-state index contributed by atoms with van der Waals surface area (Å²) in [5, 5.41) is 12.6. The highest BCUT2D eigenvalue weighted by Crippen LogP contribution is 2.23. The Morgan fingerprint density at radius 2 is 2.29 bits per heavy atom. The van der Waals surface area contributed by atoms with Gasteiger partial charge >= 0.3 is 0 Å². The average Bonchev–Trinajstić information content (AvgIpc) is 2.40. The lowest BCUT2D eigenvalue weighted by Crippen LogP contribution is -2.38. The molecule has 1 fully saturated rings. The fourth-order valence-corrected chi connectivity index (χ4v) is 2.48. The van der Waals surface area contributed by atoms with E-state index in [1.807, 2.05) is 12.3 Å². The smallest absolute Gasteiger partial charge is 0.0672 e. The zero-order chi connectivity index (χ0) is 11.9. The van der Waals surface area contributed by atoms with Crippen molar-refractivity contribution >= 4 is 0 Å². The van der Waals surface area contributed by atoms with Crippen LogP contribution in [0.4, 0.5) is 0 Å². The maximum Gasteiger partial charge on any atom is 0.0672 e. The zero-order valence-corrected chi connectivity index (χ0v) is 10.1. The van der Waals surface area contributed by atoms with E-state index < -0.39 is 0 Å². The Balaban J connectivity index is 1.76. The van der Waals surface area contributed by atoms with Gasteiger partial charge in [-0.1, -0.05) is 18.9 Å². The van der Waals surface area contributed by atoms with Crippen LogP contribution in [0.3, 0.4) is 0 Å². The van der Waals surface area contributed by atoms with Crippen molar-refractivity contribution in [2.75, 3.05) is 6.54 Å². The third-order valence-corrected chi connectivity index (χ3v) is 3.47. The molecule has 1 saturated carbocycles. The lowest BCUT2D eigenvalue weighted by Gasteiger charge is -2.27. The lowest BCUT2D eigenvalue weighted by atomic mass is 9.85. The molecule has 2 atom stereocenters. The Hall–Kier alpha value is -1.40. The third-order valence-electron chi connectivity index (χ3n) is 3.47. The first-order valence-corrected chi connectivity index (χ1v) is 6.42. The van der Waals surface area contributed by atoms with Crippen LogP contribution in [0.5, 0.6) is 0 Å². The second kappa shape index (κ2) is 6.36. The lowest BCUT2D eigenvalue weighted by molar-refractivity contribution is 0.314. The van der Waals surface area contributed by atoms with Crippen molar-refractivity contribution in [1.29, 1.82) is 5.26 Å². The second-order valence-electron chi connectivity index (χ2n) is 4.69. The van der Waals surface area contributed by atoms with E-state index in [0.717, 1.165) is 25.8 Å². The van der Waals surface area contributed by atoms with Crippen LogP contribution in [0.2, 0.25) is 0 Å². The Morgan fingerprint density at radius 3 is 3.06 bits per heavy atom. The summed E-state index contributed by atoms with van der Waals surface area (Å²) in [5.74, 6) is 0.206. The molecule has 3 nitrogen and oxygen atoms in total. The number of hydrogen-bond acceptors (Lipinski definition) is 3. The Bertz CT molecular complexity index is 369. The summed E-state index contributed by atoms with van der Waals surface area (Å²) < 4.78 is 0. The van der Waals surface area contributed by atoms with Gasteiger partial charge < -0.3 is 5.32 Å². The van der Waals surface area contributed by atoms with Crippen molar-refractivity contribution in [3.8, 4) is 6.07 Å². The summed E-state index contributed by atoms with van der Waals surface area (Å²) in [7, 11) is 0. The number of hydrogen-bond donors (Lipinski definition) is 1. The van der Waals surface area contributed by atoms with Crippen LogP contribution in [-0.4, -0.2) is 17.6 Å². The van der Waals surface area contributed by atoms with Crippen LogP contribution in [0.1, 0.15) is 31.2 Å². The van der Waals surface area contributed by atoms with E-state index in [4.69, 9.17) is 5.26 Å². The number of nitrogens with one attached hydrogen (secondary N) is 1. The predicted molar refractivity (Wildman–Crippen MR) is 67.3 cm³/mol. The SMILES string of the molecule is N#CC1CCCCC1NCCc1cccnc1. The molecule has 1 aliphatic carbocycles. The van der Waals surface area contributed by atoms with Crippen molar-refractivity contribution < 1.29 is 0 Å². The first-order valence-electron chi connectivity index (χ1n) is 6.42. The van der Waals surface area contributed by atoms with Crippen LogP contribution in [0.25, 0.3) is 0 Å². The maximum absolute atomic E-state index is 9.08. The van der Waals surface area contributed by atoms with Crippen molar-refractivity contribution in [2.45, 2.75) is 38.1 Å². The van der Waals surface area contributed by atoms with Gasteiger partial charge in [-0.05, 0) is 37.4 Å². The topological polar surface area (TPSA) is 48.7 Å². The molecule has 2 rings (SSSR count). The van der Waals surface area contributed by atoms with Crippen molar-refractivity contribution in [1.82, 2.24) is 10.3 Å². The van der Waals surface area contributed by atoms with Gasteiger partial charge in [0, 0.05) is 18.4 Å². The van der Waals surface area contributed by atoms with Gasteiger partial charge in [-0.25, -0.2) is 0 Å². The minimum Gasteiger partial charge on any atom is -0.312 e. The van der Waals surface area contributed by atoms with Gasteiger partial charge in [-0.3, -0.25) is 4.98 Å². The van der Waals surface area contributed by atoms with Gasteiger partial charge in [0.15, 0.2) is 0 Å². The molecule has 0 aliphatic heterocycles. The number of pyridine rings is 1. The molecule has 0 amide bonds. The molecular formula is C14H19N3. The quantitative estimate of drug-likeness (QED) is 0.861. The average molecular weight is 229 g/mol. The molecule has 1 aromatic heterocycles. The van der Waals surface area contributed by atoms with E-state index in [9.17, 15) is 0 Å². The van der Waals surface area contributed by atoms with E-state index in [-0.39, 0.29) is 5.92 Å². The fraction of sp³-hybridized carbons (Fsp3) is 0.571. The van der Waals surface area contributed by atoms with Gasteiger partial charge in [-0.15, -0.1) is 0 Å². The van der Waals surface area contributed by atoms with Crippen molar-refractivity contribution in [2.24, 2.45) is 5.92 Å². The molecule has 1 aromatic rings. The predicted octanol–water partition coefficient (Wildman–Crippen LogP) is 2.30. The van der Waals surface area contributed by atoms with E-state index >= 15 is 0 Å². The molecule has 0 aromatic carbocycles. The van der Waals surface area contributed by atoms with Gasteiger partial charge in [0.2, 0.25) is 0 Å². The minimum atomic E-state index is 0.206. The van der Waals surface area contributed by atoms with Gasteiger partial charge in [0.05, 0.1) is 12.0 Å². The molecule has 0 bridgehead atoms. The Kier molecular flexibility index (Phi) is 4.52. The van der Waals surface area contributed by atoms with E-state index in [1.54, 1.807) is 6.20 Å². The van der Waals surface area contributed by atoms with E-state index in [0.29, 0.717) is 6.04 Å². The number of nitriles is 1. The Labute approximate surface area is 103 Å². The van der Waals surface area contributed by atoms with Crippen molar-refractivity contribution in [3.05, 3.63) is 30.1 Å². The molecule has 0 spiro atoms. The largest absolute Gasteiger partial charge is 0.312 e. The Morgan fingerprint density at radius 1 is 1.41 bits per heavy atom. The number of aromatic nitrogens is 1. The fourth-order valence-electron chi connectivity index (χ4n) is 2.48. The molecule has 1 aliphatic rings. The number of nitrogens with zero attached hydrogens (tertiary/aromatic N) is 2. The molecule has 90 valence electrons. The van der Waals surface area contributed by atoms with Crippen LogP contribution < -0.4 is 5.32 Å². The summed E-state index contributed by atoms with van der Waals surface area (Å²) >= 11 is 0. The van der Waals surface area contributed by atoms with E-state index in [1.165, 1.54) is 18.4 Å². The van der Waals surface area contributed by atoms with Crippen LogP contribution in [-0.2, 0) is 6.42 Å². The van der Waals surface area contributed by atoms with Crippen molar-refractivity contribution in [3.63, 3.8) is 0 Å². The normalized spacial score (nSPS) is 24.2. The monoisotopic (exact) mass is 229 g/mol. The molecule has 2 unspecified atom stereocenters. The summed E-state index contributed by atoms with van der Waals surface area (Å²) in [4.78, 5) is 4.10. The molecular weight excluding hydrogens is 210 g/mol. The van der Waals surface area contributed by atoms with E-state index in [2.05, 4.69) is 22.4 Å². The minimum absolute atomic E-state index is 0.206. The zero-order valence-electron chi connectivity index (χ0n) is 10.1. The third kappa shape index (κ3) is 3.54. The molecule has 0 radical (unpaired) electrons. The van der Waals surface area contributed by atoms with Gasteiger partial charge in [-0.2, -0.15) is 5.26 Å². The summed E-state index contributed by atoms with van der Waals surface area (Å²) in [6.07, 6.45) is 9.35. The first-order chi connectivity index (χ1) is 8.40. The first kappa shape index (κ1) is 12.1. The van der Waals surface area contributed by atoms with Gasteiger partial charge in [0.1, 0.15) is 0 Å². The molecule has 1 N–H and O–H groups in total. The van der Waals surface area contributed by atoms with Crippen LogP contribution in [0.15, 0.2) is 24.5 Å². The second-order valence-corrected chi connectivity index (χ2v) is 4.69. The maximum atomic E-state index is 9.08. The molecule has 1 heterocycles. The van der Waals surface area contributed by atoms with Crippen LogP contribution >= 0.6 is 0 Å². The molecule has 0 saturated heterocycles. The highest BCUT2D eigenvalue weighted by Gasteiger charge is 2.23. The highest BCUT2D eigenvalue weighted by atomic mass is 14.9.